The zero-order valence-corrected chi connectivity index (χ0v) is 13.6. The second kappa shape index (κ2) is 7.22. The quantitative estimate of drug-likeness (QED) is 0.819. The molecule has 0 aromatic heterocycles. The van der Waals surface area contributed by atoms with E-state index < -0.39 is 0 Å². The number of hydrogen-bond donors (Lipinski definition) is 2. The average Bonchev–Trinajstić information content (AvgIpc) is 2.50. The highest BCUT2D eigenvalue weighted by Crippen LogP contribution is 2.35. The van der Waals surface area contributed by atoms with Crippen LogP contribution in [0, 0.1) is 0 Å². The molecular weight excluding hydrogens is 334 g/mol. The molecule has 0 aliphatic carbocycles. The van der Waals surface area contributed by atoms with Crippen molar-refractivity contribution in [3.8, 4) is 17.2 Å². The summed E-state index contributed by atoms with van der Waals surface area (Å²) in [5.74, 6) is 1.42. The fourth-order valence-electron chi connectivity index (χ4n) is 1.92. The van der Waals surface area contributed by atoms with E-state index in [4.69, 9.17) is 9.47 Å². The van der Waals surface area contributed by atoms with E-state index in [1.807, 2.05) is 43.3 Å². The van der Waals surface area contributed by atoms with Crippen molar-refractivity contribution in [3.05, 3.63) is 46.4 Å². The molecule has 0 radical (unpaired) electrons. The van der Waals surface area contributed by atoms with Crippen LogP contribution < -0.4 is 14.8 Å². The van der Waals surface area contributed by atoms with E-state index in [1.165, 1.54) is 7.11 Å². The molecule has 112 valence electrons. The number of ether oxygens (including phenoxy) is 2. The van der Waals surface area contributed by atoms with Gasteiger partial charge in [0.1, 0.15) is 5.75 Å². The van der Waals surface area contributed by atoms with Crippen molar-refractivity contribution >= 4 is 21.6 Å². The monoisotopic (exact) mass is 351 g/mol. The number of rotatable bonds is 6. The summed E-state index contributed by atoms with van der Waals surface area (Å²) in [6.07, 6.45) is 0. The van der Waals surface area contributed by atoms with Crippen LogP contribution in [0.25, 0.3) is 0 Å². The Morgan fingerprint density at radius 2 is 1.90 bits per heavy atom. The number of aromatic hydroxyl groups is 1. The molecule has 0 bridgehead atoms. The van der Waals surface area contributed by atoms with Crippen LogP contribution in [0.4, 0.5) is 5.69 Å². The van der Waals surface area contributed by atoms with Crippen LogP contribution in [0.1, 0.15) is 12.5 Å². The van der Waals surface area contributed by atoms with Crippen molar-refractivity contribution in [3.63, 3.8) is 0 Å². The SMILES string of the molecule is CCOc1ccc(NCc2cc(Br)c(O)c(OC)c2)cc1. The molecule has 0 saturated heterocycles. The van der Waals surface area contributed by atoms with Gasteiger partial charge in [-0.05, 0) is 64.8 Å². The normalized spacial score (nSPS) is 10.2. The average molecular weight is 352 g/mol. The lowest BCUT2D eigenvalue weighted by Gasteiger charge is -2.11. The lowest BCUT2D eigenvalue weighted by atomic mass is 10.2. The van der Waals surface area contributed by atoms with Gasteiger partial charge in [0.05, 0.1) is 18.2 Å². The lowest BCUT2D eigenvalue weighted by molar-refractivity contribution is 0.340. The van der Waals surface area contributed by atoms with E-state index in [1.54, 1.807) is 0 Å². The molecular formula is C16H18BrNO3. The van der Waals surface area contributed by atoms with Crippen molar-refractivity contribution in [2.45, 2.75) is 13.5 Å². The van der Waals surface area contributed by atoms with Gasteiger partial charge in [0.2, 0.25) is 0 Å². The van der Waals surface area contributed by atoms with E-state index >= 15 is 0 Å². The summed E-state index contributed by atoms with van der Waals surface area (Å²) in [5, 5.41) is 13.1. The van der Waals surface area contributed by atoms with E-state index in [2.05, 4.69) is 21.2 Å². The second-order valence-electron chi connectivity index (χ2n) is 4.44. The molecule has 0 aliphatic rings. The second-order valence-corrected chi connectivity index (χ2v) is 5.29. The van der Waals surface area contributed by atoms with Gasteiger partial charge in [-0.25, -0.2) is 0 Å². The van der Waals surface area contributed by atoms with Gasteiger partial charge in [0.15, 0.2) is 11.5 Å². The summed E-state index contributed by atoms with van der Waals surface area (Å²) in [6, 6.07) is 11.5. The molecule has 2 aromatic rings. The van der Waals surface area contributed by atoms with Gasteiger partial charge in [-0.2, -0.15) is 0 Å². The molecule has 0 saturated carbocycles. The first-order chi connectivity index (χ1) is 10.1. The third-order valence-electron chi connectivity index (χ3n) is 2.97. The fraction of sp³-hybridized carbons (Fsp3) is 0.250. The van der Waals surface area contributed by atoms with Crippen molar-refractivity contribution in [2.24, 2.45) is 0 Å². The topological polar surface area (TPSA) is 50.7 Å². The molecule has 4 nitrogen and oxygen atoms in total. The van der Waals surface area contributed by atoms with E-state index in [-0.39, 0.29) is 5.75 Å². The van der Waals surface area contributed by atoms with Crippen LogP contribution >= 0.6 is 15.9 Å². The number of benzene rings is 2. The maximum atomic E-state index is 9.78. The molecule has 0 amide bonds. The Morgan fingerprint density at radius 1 is 1.19 bits per heavy atom. The fourth-order valence-corrected chi connectivity index (χ4v) is 2.41. The number of phenols is 1. The summed E-state index contributed by atoms with van der Waals surface area (Å²) in [4.78, 5) is 0. The first-order valence-electron chi connectivity index (χ1n) is 6.66. The Bertz CT molecular complexity index is 599. The number of nitrogens with one attached hydrogen (secondary N) is 1. The minimum absolute atomic E-state index is 0.113. The predicted octanol–water partition coefficient (Wildman–Crippen LogP) is 4.17. The molecule has 5 heteroatoms. The molecule has 0 unspecified atom stereocenters. The number of hydrogen-bond acceptors (Lipinski definition) is 4. The zero-order valence-electron chi connectivity index (χ0n) is 12.0. The summed E-state index contributed by atoms with van der Waals surface area (Å²) in [7, 11) is 1.53. The highest BCUT2D eigenvalue weighted by molar-refractivity contribution is 9.10. The molecule has 21 heavy (non-hydrogen) atoms. The van der Waals surface area contributed by atoms with Crippen LogP contribution in [-0.4, -0.2) is 18.8 Å². The maximum Gasteiger partial charge on any atom is 0.172 e. The first-order valence-corrected chi connectivity index (χ1v) is 7.45. The van der Waals surface area contributed by atoms with Gasteiger partial charge < -0.3 is 19.9 Å². The number of phenolic OH excluding ortho intramolecular Hbond substituents is 1. The van der Waals surface area contributed by atoms with Crippen molar-refractivity contribution in [2.75, 3.05) is 19.0 Å². The first kappa shape index (κ1) is 15.5. The van der Waals surface area contributed by atoms with E-state index in [0.717, 1.165) is 17.0 Å². The Balaban J connectivity index is 2.04. The summed E-state index contributed by atoms with van der Waals surface area (Å²) in [5.41, 5.74) is 2.01. The molecule has 0 fully saturated rings. The highest BCUT2D eigenvalue weighted by atomic mass is 79.9. The predicted molar refractivity (Wildman–Crippen MR) is 87.3 cm³/mol. The van der Waals surface area contributed by atoms with Gasteiger partial charge in [-0.1, -0.05) is 0 Å². The molecule has 2 aromatic carbocycles. The molecule has 0 aliphatic heterocycles. The van der Waals surface area contributed by atoms with Gasteiger partial charge in [-0.3, -0.25) is 0 Å². The lowest BCUT2D eigenvalue weighted by Crippen LogP contribution is -2.00. The molecule has 2 rings (SSSR count). The van der Waals surface area contributed by atoms with Crippen LogP contribution in [-0.2, 0) is 6.54 Å². The Labute approximate surface area is 132 Å². The highest BCUT2D eigenvalue weighted by Gasteiger charge is 2.08. The van der Waals surface area contributed by atoms with Crippen molar-refractivity contribution in [1.29, 1.82) is 0 Å². The van der Waals surface area contributed by atoms with Crippen LogP contribution in [0.15, 0.2) is 40.9 Å². The smallest absolute Gasteiger partial charge is 0.172 e. The minimum Gasteiger partial charge on any atom is -0.503 e. The molecule has 2 N–H and O–H groups in total. The van der Waals surface area contributed by atoms with Gasteiger partial charge >= 0.3 is 0 Å². The van der Waals surface area contributed by atoms with E-state index in [9.17, 15) is 5.11 Å². The Hall–Kier alpha value is -1.88. The zero-order chi connectivity index (χ0) is 15.2. The van der Waals surface area contributed by atoms with Crippen LogP contribution in [0.2, 0.25) is 0 Å². The largest absolute Gasteiger partial charge is 0.503 e. The van der Waals surface area contributed by atoms with Crippen molar-refractivity contribution < 1.29 is 14.6 Å². The molecule has 0 spiro atoms. The third-order valence-corrected chi connectivity index (χ3v) is 3.57. The number of anilines is 1. The van der Waals surface area contributed by atoms with Gasteiger partial charge in [0, 0.05) is 12.2 Å². The Morgan fingerprint density at radius 3 is 2.52 bits per heavy atom. The Kier molecular flexibility index (Phi) is 5.33. The summed E-state index contributed by atoms with van der Waals surface area (Å²) < 4.78 is 11.2. The maximum absolute atomic E-state index is 9.78. The molecule has 0 atom stereocenters. The minimum atomic E-state index is 0.113. The number of halogens is 1. The molecule has 0 heterocycles. The van der Waals surface area contributed by atoms with Crippen molar-refractivity contribution in [1.82, 2.24) is 0 Å². The van der Waals surface area contributed by atoms with Crippen LogP contribution in [0.5, 0.6) is 17.2 Å². The van der Waals surface area contributed by atoms with Gasteiger partial charge in [-0.15, -0.1) is 0 Å². The van der Waals surface area contributed by atoms with Crippen LogP contribution in [0.3, 0.4) is 0 Å². The number of methoxy groups -OCH3 is 1. The van der Waals surface area contributed by atoms with E-state index in [0.29, 0.717) is 23.4 Å². The standard InChI is InChI=1S/C16H18BrNO3/c1-3-21-13-6-4-12(5-7-13)18-10-11-8-14(17)16(19)15(9-11)20-2/h4-9,18-19H,3,10H2,1-2H3. The summed E-state index contributed by atoms with van der Waals surface area (Å²) >= 11 is 3.32. The third kappa shape index (κ3) is 4.04. The summed E-state index contributed by atoms with van der Waals surface area (Å²) in [6.45, 7) is 3.25. The van der Waals surface area contributed by atoms with Gasteiger partial charge in [0.25, 0.3) is 0 Å².